The zero-order chi connectivity index (χ0) is 23.3. The number of benzene rings is 1. The Morgan fingerprint density at radius 3 is 2.59 bits per heavy atom. The number of anilines is 1. The Kier molecular flexibility index (Phi) is 6.76. The normalized spacial score (nSPS) is 11.2. The number of Topliss-reactive ketones (excluding diaryl/α,β-unsaturated/α-hetero) is 1. The molecule has 0 radical (unpaired) electrons. The fraction of sp³-hybridized carbons (Fsp3) is 0.238. The van der Waals surface area contributed by atoms with Crippen molar-refractivity contribution in [1.82, 2.24) is 15.3 Å². The van der Waals surface area contributed by atoms with Crippen LogP contribution in [0.4, 0.5) is 19.0 Å². The Morgan fingerprint density at radius 1 is 1.16 bits per heavy atom. The molecule has 3 aromatic rings. The third kappa shape index (κ3) is 5.42. The molecule has 0 aliphatic heterocycles. The summed E-state index contributed by atoms with van der Waals surface area (Å²) in [5, 5.41) is 2.76. The number of amides is 1. The van der Waals surface area contributed by atoms with Gasteiger partial charge in [0.2, 0.25) is 5.89 Å². The number of rotatable bonds is 8. The summed E-state index contributed by atoms with van der Waals surface area (Å²) in [4.78, 5) is 33.5. The van der Waals surface area contributed by atoms with E-state index >= 15 is 0 Å². The minimum absolute atomic E-state index is 0.197. The molecule has 0 spiro atoms. The zero-order valence-electron chi connectivity index (χ0n) is 17.1. The van der Waals surface area contributed by atoms with Crippen LogP contribution in [0.5, 0.6) is 5.75 Å². The van der Waals surface area contributed by atoms with Crippen LogP contribution in [-0.2, 0) is 0 Å². The fourth-order valence-corrected chi connectivity index (χ4v) is 2.72. The van der Waals surface area contributed by atoms with Gasteiger partial charge < -0.3 is 19.4 Å². The van der Waals surface area contributed by atoms with Crippen molar-refractivity contribution in [3.8, 4) is 17.2 Å². The number of halogens is 3. The highest BCUT2D eigenvalue weighted by Gasteiger charge is 2.41. The van der Waals surface area contributed by atoms with Gasteiger partial charge in [-0.15, -0.1) is 0 Å². The van der Waals surface area contributed by atoms with E-state index in [4.69, 9.17) is 9.15 Å². The average molecular weight is 448 g/mol. The molecule has 0 bridgehead atoms. The summed E-state index contributed by atoms with van der Waals surface area (Å²) in [6.07, 6.45) is -2.76. The van der Waals surface area contributed by atoms with E-state index in [0.29, 0.717) is 30.9 Å². The van der Waals surface area contributed by atoms with E-state index in [9.17, 15) is 22.8 Å². The highest BCUT2D eigenvalue weighted by Crippen LogP contribution is 2.25. The maximum Gasteiger partial charge on any atom is 0.458 e. The Bertz CT molecular complexity index is 1100. The van der Waals surface area contributed by atoms with Gasteiger partial charge in [0.05, 0.1) is 19.5 Å². The van der Waals surface area contributed by atoms with E-state index in [1.165, 1.54) is 24.3 Å². The maximum absolute atomic E-state index is 12.5. The molecular weight excluding hydrogens is 429 g/mol. The number of aromatic nitrogens is 2. The number of likely N-dealkylation sites (N-methyl/N-ethyl adjacent to an activating group) is 1. The lowest BCUT2D eigenvalue weighted by Crippen LogP contribution is -2.33. The number of nitrogens with one attached hydrogen (secondary N) is 1. The Balaban J connectivity index is 1.60. The SMILES string of the molecule is COc1ccc(N(C)CCNC(=O)c2cccc(-c3ncc(C(=O)C(F)(F)F)o3)c2)nc1. The lowest BCUT2D eigenvalue weighted by atomic mass is 10.1. The molecule has 8 nitrogen and oxygen atoms in total. The molecule has 0 saturated heterocycles. The second kappa shape index (κ2) is 9.50. The van der Waals surface area contributed by atoms with Gasteiger partial charge >= 0.3 is 12.0 Å². The monoisotopic (exact) mass is 448 g/mol. The molecule has 1 aromatic carbocycles. The largest absolute Gasteiger partial charge is 0.495 e. The smallest absolute Gasteiger partial charge is 0.458 e. The number of nitrogens with zero attached hydrogens (tertiary/aromatic N) is 3. The topological polar surface area (TPSA) is 97.6 Å². The van der Waals surface area contributed by atoms with Crippen LogP contribution in [0.25, 0.3) is 11.5 Å². The van der Waals surface area contributed by atoms with E-state index < -0.39 is 17.7 Å². The summed E-state index contributed by atoms with van der Waals surface area (Å²) in [6, 6.07) is 9.56. The third-order valence-electron chi connectivity index (χ3n) is 4.44. The van der Waals surface area contributed by atoms with Crippen LogP contribution >= 0.6 is 0 Å². The van der Waals surface area contributed by atoms with E-state index in [-0.39, 0.29) is 22.9 Å². The molecule has 1 N–H and O–H groups in total. The molecule has 1 amide bonds. The van der Waals surface area contributed by atoms with Gasteiger partial charge in [-0.05, 0) is 30.3 Å². The first kappa shape index (κ1) is 22.8. The molecule has 2 heterocycles. The van der Waals surface area contributed by atoms with Gasteiger partial charge in [-0.1, -0.05) is 6.07 Å². The molecule has 0 fully saturated rings. The Morgan fingerprint density at radius 2 is 1.94 bits per heavy atom. The number of alkyl halides is 3. The second-order valence-corrected chi connectivity index (χ2v) is 6.67. The number of ether oxygens (including phenoxy) is 1. The van der Waals surface area contributed by atoms with Crippen molar-refractivity contribution in [2.24, 2.45) is 0 Å². The van der Waals surface area contributed by atoms with Gasteiger partial charge in [0.1, 0.15) is 11.6 Å². The average Bonchev–Trinajstić information content (AvgIpc) is 3.28. The lowest BCUT2D eigenvalue weighted by Gasteiger charge is -2.18. The summed E-state index contributed by atoms with van der Waals surface area (Å²) in [6.45, 7) is 0.796. The summed E-state index contributed by atoms with van der Waals surface area (Å²) in [5.41, 5.74) is 0.521. The summed E-state index contributed by atoms with van der Waals surface area (Å²) >= 11 is 0. The van der Waals surface area contributed by atoms with Crippen LogP contribution in [0.2, 0.25) is 0 Å². The first-order chi connectivity index (χ1) is 15.2. The van der Waals surface area contributed by atoms with Crippen LogP contribution in [0.3, 0.4) is 0 Å². The van der Waals surface area contributed by atoms with Gasteiger partial charge in [-0.25, -0.2) is 9.97 Å². The molecule has 0 saturated carbocycles. The molecule has 32 heavy (non-hydrogen) atoms. The predicted octanol–water partition coefficient (Wildman–Crippen LogP) is 3.36. The molecule has 3 rings (SSSR count). The number of methoxy groups -OCH3 is 1. The summed E-state index contributed by atoms with van der Waals surface area (Å²) in [5.74, 6) is -2.29. The van der Waals surface area contributed by atoms with Crippen molar-refractivity contribution < 1.29 is 31.9 Å². The van der Waals surface area contributed by atoms with Crippen LogP contribution in [0.15, 0.2) is 53.2 Å². The van der Waals surface area contributed by atoms with Gasteiger partial charge in [0.15, 0.2) is 5.76 Å². The number of ketones is 1. The van der Waals surface area contributed by atoms with Crippen LogP contribution in [0.1, 0.15) is 20.9 Å². The molecule has 168 valence electrons. The van der Waals surface area contributed by atoms with Gasteiger partial charge in [0, 0.05) is 31.3 Å². The Hall–Kier alpha value is -3.89. The van der Waals surface area contributed by atoms with Crippen molar-refractivity contribution >= 4 is 17.5 Å². The van der Waals surface area contributed by atoms with Crippen molar-refractivity contribution in [3.05, 3.63) is 60.1 Å². The second-order valence-electron chi connectivity index (χ2n) is 6.67. The van der Waals surface area contributed by atoms with Gasteiger partial charge in [-0.3, -0.25) is 9.59 Å². The van der Waals surface area contributed by atoms with Crippen LogP contribution < -0.4 is 15.0 Å². The third-order valence-corrected chi connectivity index (χ3v) is 4.44. The molecule has 0 aliphatic rings. The number of hydrogen-bond acceptors (Lipinski definition) is 7. The van der Waals surface area contributed by atoms with Crippen LogP contribution in [-0.4, -0.2) is 55.1 Å². The van der Waals surface area contributed by atoms with Crippen molar-refractivity contribution in [2.75, 3.05) is 32.1 Å². The van der Waals surface area contributed by atoms with Crippen LogP contribution in [0, 0.1) is 0 Å². The highest BCUT2D eigenvalue weighted by molar-refractivity contribution is 5.98. The minimum Gasteiger partial charge on any atom is -0.495 e. The minimum atomic E-state index is -5.06. The van der Waals surface area contributed by atoms with Gasteiger partial charge in [-0.2, -0.15) is 13.2 Å². The molecule has 0 aliphatic carbocycles. The number of carbonyl (C=O) groups excluding carboxylic acids is 2. The summed E-state index contributed by atoms with van der Waals surface area (Å²) in [7, 11) is 3.37. The molecule has 2 aromatic heterocycles. The molecular formula is C21H19F3N4O4. The maximum atomic E-state index is 12.5. The molecule has 11 heteroatoms. The first-order valence-corrected chi connectivity index (χ1v) is 9.36. The Labute approximate surface area is 181 Å². The lowest BCUT2D eigenvalue weighted by molar-refractivity contribution is -0.0899. The number of oxazole rings is 1. The fourth-order valence-electron chi connectivity index (χ4n) is 2.72. The molecule has 0 atom stereocenters. The number of hydrogen-bond donors (Lipinski definition) is 1. The first-order valence-electron chi connectivity index (χ1n) is 9.36. The quantitative estimate of drug-likeness (QED) is 0.528. The van der Waals surface area contributed by atoms with E-state index in [0.717, 1.165) is 0 Å². The zero-order valence-corrected chi connectivity index (χ0v) is 17.1. The van der Waals surface area contributed by atoms with E-state index in [1.54, 1.807) is 25.4 Å². The predicted molar refractivity (Wildman–Crippen MR) is 109 cm³/mol. The van der Waals surface area contributed by atoms with E-state index in [1.807, 2.05) is 11.9 Å². The number of pyridine rings is 1. The van der Waals surface area contributed by atoms with Crippen molar-refractivity contribution in [2.45, 2.75) is 6.18 Å². The standard InChI is InChI=1S/C21H19F3N4O4/c1-28(17-7-6-15(31-2)11-26-17)9-8-25-19(30)13-4-3-5-14(10-13)20-27-12-16(32-20)18(29)21(22,23)24/h3-7,10-12H,8-9H2,1-2H3,(H,25,30). The van der Waals surface area contributed by atoms with Crippen molar-refractivity contribution in [1.29, 1.82) is 0 Å². The number of carbonyl (C=O) groups is 2. The molecule has 0 unspecified atom stereocenters. The van der Waals surface area contributed by atoms with Gasteiger partial charge in [0.25, 0.3) is 5.91 Å². The highest BCUT2D eigenvalue weighted by atomic mass is 19.4. The van der Waals surface area contributed by atoms with Crippen molar-refractivity contribution in [3.63, 3.8) is 0 Å². The summed E-state index contributed by atoms with van der Waals surface area (Å²) < 4.78 is 47.6. The van der Waals surface area contributed by atoms with E-state index in [2.05, 4.69) is 15.3 Å².